The normalized spacial score (nSPS) is 19.3. The maximum absolute atomic E-state index is 13.1. The minimum absolute atomic E-state index is 0.190. The van der Waals surface area contributed by atoms with Gasteiger partial charge in [0.05, 0.1) is 16.3 Å². The molecule has 1 aliphatic rings. The smallest absolute Gasteiger partial charge is 0.249 e. The van der Waals surface area contributed by atoms with Gasteiger partial charge in [-0.2, -0.15) is 4.31 Å². The highest BCUT2D eigenvalue weighted by molar-refractivity contribution is 7.89. The van der Waals surface area contributed by atoms with Gasteiger partial charge in [0.15, 0.2) is 5.76 Å². The molecule has 1 aliphatic heterocycles. The van der Waals surface area contributed by atoms with Crippen molar-refractivity contribution in [2.75, 3.05) is 6.54 Å². The van der Waals surface area contributed by atoms with Gasteiger partial charge < -0.3 is 4.52 Å². The Morgan fingerprint density at radius 3 is 2.79 bits per heavy atom. The molecule has 24 heavy (non-hydrogen) atoms. The van der Waals surface area contributed by atoms with Gasteiger partial charge in [-0.05, 0) is 38.8 Å². The molecule has 2 aromatic heterocycles. The first kappa shape index (κ1) is 15.7. The zero-order valence-corrected chi connectivity index (χ0v) is 15.0. The monoisotopic (exact) mass is 363 g/mol. The summed E-state index contributed by atoms with van der Waals surface area (Å²) < 4.78 is 34.0. The predicted molar refractivity (Wildman–Crippen MR) is 91.5 cm³/mol. The second-order valence-electron chi connectivity index (χ2n) is 5.95. The van der Waals surface area contributed by atoms with Crippen molar-refractivity contribution in [2.24, 2.45) is 0 Å². The van der Waals surface area contributed by atoms with Gasteiger partial charge in [0.2, 0.25) is 10.0 Å². The van der Waals surface area contributed by atoms with Gasteiger partial charge in [0.25, 0.3) is 0 Å². The van der Waals surface area contributed by atoms with E-state index in [0.717, 1.165) is 28.1 Å². The number of para-hydroxylation sites is 1. The number of sulfonamides is 1. The molecule has 1 saturated heterocycles. The molecule has 0 N–H and O–H groups in total. The van der Waals surface area contributed by atoms with Gasteiger partial charge in [-0.15, -0.1) is 11.3 Å². The minimum Gasteiger partial charge on any atom is -0.360 e. The maximum atomic E-state index is 13.1. The van der Waals surface area contributed by atoms with Crippen LogP contribution in [0.4, 0.5) is 0 Å². The lowest BCUT2D eigenvalue weighted by atomic mass is 10.2. The number of hydrogen-bond donors (Lipinski definition) is 0. The predicted octanol–water partition coefficient (Wildman–Crippen LogP) is 3.43. The summed E-state index contributed by atoms with van der Waals surface area (Å²) in [6.07, 6.45) is 1.60. The Kier molecular flexibility index (Phi) is 3.70. The molecule has 126 valence electrons. The van der Waals surface area contributed by atoms with E-state index < -0.39 is 10.0 Å². The zero-order valence-electron chi connectivity index (χ0n) is 13.4. The van der Waals surface area contributed by atoms with Crippen molar-refractivity contribution in [3.63, 3.8) is 0 Å². The van der Waals surface area contributed by atoms with E-state index in [1.165, 1.54) is 0 Å². The van der Waals surface area contributed by atoms with Crippen molar-refractivity contribution in [3.8, 4) is 0 Å². The fourth-order valence-electron chi connectivity index (χ4n) is 3.27. The molecule has 6 nitrogen and oxygen atoms in total. The van der Waals surface area contributed by atoms with Crippen molar-refractivity contribution >= 4 is 31.6 Å². The first-order chi connectivity index (χ1) is 11.5. The first-order valence-electron chi connectivity index (χ1n) is 7.78. The Balaban J connectivity index is 1.77. The van der Waals surface area contributed by atoms with E-state index in [2.05, 4.69) is 10.1 Å². The van der Waals surface area contributed by atoms with Gasteiger partial charge in [0.1, 0.15) is 15.6 Å². The molecule has 1 aromatic carbocycles. The van der Waals surface area contributed by atoms with Gasteiger partial charge in [0, 0.05) is 6.54 Å². The lowest BCUT2D eigenvalue weighted by molar-refractivity contribution is 0.383. The number of fused-ring (bicyclic) bond motifs is 1. The molecule has 0 unspecified atom stereocenters. The number of nitrogens with zero attached hydrogens (tertiary/aromatic N) is 3. The van der Waals surface area contributed by atoms with Crippen LogP contribution in [0.1, 0.15) is 35.3 Å². The van der Waals surface area contributed by atoms with Crippen LogP contribution in [-0.2, 0) is 10.0 Å². The van der Waals surface area contributed by atoms with Gasteiger partial charge in [-0.25, -0.2) is 13.4 Å². The molecule has 1 atom stereocenters. The lowest BCUT2D eigenvalue weighted by Gasteiger charge is -2.22. The van der Waals surface area contributed by atoms with E-state index in [0.29, 0.717) is 18.0 Å². The third-order valence-corrected chi connectivity index (χ3v) is 7.62. The molecule has 3 aromatic rings. The summed E-state index contributed by atoms with van der Waals surface area (Å²) in [5.74, 6) is 0.336. The van der Waals surface area contributed by atoms with Gasteiger partial charge >= 0.3 is 0 Å². The molecule has 3 heterocycles. The summed E-state index contributed by atoms with van der Waals surface area (Å²) in [5.41, 5.74) is 1.32. The van der Waals surface area contributed by atoms with Crippen molar-refractivity contribution in [2.45, 2.75) is 37.6 Å². The standard InChI is InChI=1S/C16H17N3O3S2/c1-10-15(11(2)22-18-10)24(20,21)19-9-5-7-13(19)16-17-12-6-3-4-8-14(12)23-16/h3-4,6,8,13H,5,7,9H2,1-2H3/t13-/m1/s1. The molecule has 0 aliphatic carbocycles. The van der Waals surface area contributed by atoms with Gasteiger partial charge in [-0.3, -0.25) is 0 Å². The summed E-state index contributed by atoms with van der Waals surface area (Å²) in [4.78, 5) is 4.85. The average Bonchev–Trinajstić information content (AvgIpc) is 3.24. The number of thiazole rings is 1. The van der Waals surface area contributed by atoms with Crippen LogP contribution >= 0.6 is 11.3 Å². The highest BCUT2D eigenvalue weighted by Gasteiger charge is 2.40. The van der Waals surface area contributed by atoms with Crippen LogP contribution in [0.15, 0.2) is 33.7 Å². The highest BCUT2D eigenvalue weighted by Crippen LogP contribution is 2.40. The molecule has 0 spiro atoms. The van der Waals surface area contributed by atoms with Crippen LogP contribution in [0.2, 0.25) is 0 Å². The Bertz CT molecular complexity index is 954. The number of aryl methyl sites for hydroxylation is 2. The van der Waals surface area contributed by atoms with E-state index in [4.69, 9.17) is 4.52 Å². The number of benzene rings is 1. The Morgan fingerprint density at radius 1 is 1.29 bits per heavy atom. The summed E-state index contributed by atoms with van der Waals surface area (Å²) in [6.45, 7) is 3.79. The van der Waals surface area contributed by atoms with Crippen LogP contribution in [0, 0.1) is 13.8 Å². The Labute approximate surface area is 144 Å². The molecule has 8 heteroatoms. The van der Waals surface area contributed by atoms with E-state index in [9.17, 15) is 8.42 Å². The van der Waals surface area contributed by atoms with Crippen LogP contribution in [0.3, 0.4) is 0 Å². The summed E-state index contributed by atoms with van der Waals surface area (Å²) in [5, 5.41) is 4.64. The van der Waals surface area contributed by atoms with E-state index >= 15 is 0 Å². The lowest BCUT2D eigenvalue weighted by Crippen LogP contribution is -2.31. The van der Waals surface area contributed by atoms with Crippen LogP contribution in [0.25, 0.3) is 10.2 Å². The summed E-state index contributed by atoms with van der Waals surface area (Å²) >= 11 is 1.56. The molecule has 0 amide bonds. The zero-order chi connectivity index (χ0) is 16.9. The van der Waals surface area contributed by atoms with Crippen LogP contribution in [0.5, 0.6) is 0 Å². The third kappa shape index (κ3) is 2.37. The van der Waals surface area contributed by atoms with Gasteiger partial charge in [-0.1, -0.05) is 17.3 Å². The third-order valence-electron chi connectivity index (χ3n) is 4.33. The second kappa shape index (κ2) is 5.65. The SMILES string of the molecule is Cc1noc(C)c1S(=O)(=O)N1CCC[C@@H]1c1nc2ccccc2s1. The summed E-state index contributed by atoms with van der Waals surface area (Å²) in [6, 6.07) is 7.66. The van der Waals surface area contributed by atoms with Crippen molar-refractivity contribution < 1.29 is 12.9 Å². The topological polar surface area (TPSA) is 76.3 Å². The molecule has 0 saturated carbocycles. The highest BCUT2D eigenvalue weighted by atomic mass is 32.2. The average molecular weight is 363 g/mol. The second-order valence-corrected chi connectivity index (χ2v) is 8.84. The van der Waals surface area contributed by atoms with Crippen molar-refractivity contribution in [1.82, 2.24) is 14.4 Å². The number of aromatic nitrogens is 2. The Hall–Kier alpha value is -1.77. The largest absolute Gasteiger partial charge is 0.360 e. The maximum Gasteiger partial charge on any atom is 0.249 e. The molecule has 1 fully saturated rings. The van der Waals surface area contributed by atoms with E-state index in [1.54, 1.807) is 29.5 Å². The molecular formula is C16H17N3O3S2. The fraction of sp³-hybridized carbons (Fsp3) is 0.375. The molecule has 0 radical (unpaired) electrons. The minimum atomic E-state index is -3.65. The van der Waals surface area contributed by atoms with Crippen molar-refractivity contribution in [3.05, 3.63) is 40.7 Å². The molecule has 0 bridgehead atoms. The quantitative estimate of drug-likeness (QED) is 0.712. The van der Waals surface area contributed by atoms with Crippen molar-refractivity contribution in [1.29, 1.82) is 0 Å². The van der Waals surface area contributed by atoms with Crippen LogP contribution in [-0.4, -0.2) is 29.4 Å². The fourth-order valence-corrected chi connectivity index (χ4v) is 6.40. The van der Waals surface area contributed by atoms with Crippen LogP contribution < -0.4 is 0 Å². The number of rotatable bonds is 3. The Morgan fingerprint density at radius 2 is 2.08 bits per heavy atom. The molecular weight excluding hydrogens is 346 g/mol. The first-order valence-corrected chi connectivity index (χ1v) is 10.0. The summed E-state index contributed by atoms with van der Waals surface area (Å²) in [7, 11) is -3.65. The molecule has 4 rings (SSSR count). The van der Waals surface area contributed by atoms with E-state index in [1.807, 2.05) is 24.3 Å². The number of hydrogen-bond acceptors (Lipinski definition) is 6. The van der Waals surface area contributed by atoms with E-state index in [-0.39, 0.29) is 10.9 Å².